The molecule has 0 fully saturated rings. The average molecular weight is 328 g/mol. The van der Waals surface area contributed by atoms with Gasteiger partial charge in [0.1, 0.15) is 9.39 Å². The first-order valence-corrected chi connectivity index (χ1v) is 5.90. The lowest BCUT2D eigenvalue weighted by atomic mass is 10.3. The van der Waals surface area contributed by atoms with Gasteiger partial charge in [0, 0.05) is 12.4 Å². The molecule has 0 aliphatic heterocycles. The molecule has 0 saturated carbocycles. The van der Waals surface area contributed by atoms with E-state index in [9.17, 15) is 4.79 Å². The summed E-state index contributed by atoms with van der Waals surface area (Å²) in [7, 11) is 0. The molecule has 1 aromatic heterocycles. The van der Waals surface area contributed by atoms with Crippen LogP contribution >= 0.6 is 34.2 Å². The van der Waals surface area contributed by atoms with Crippen molar-refractivity contribution in [2.45, 2.75) is 12.8 Å². The maximum absolute atomic E-state index is 11.2. The summed E-state index contributed by atoms with van der Waals surface area (Å²) in [5.74, 6) is 1.31. The normalized spacial score (nSPS) is 10.1. The molecule has 0 aliphatic carbocycles. The number of hydrogen-bond acceptors (Lipinski definition) is 3. The number of alkyl halides is 1. The predicted octanol–water partition coefficient (Wildman–Crippen LogP) is 1.81. The fourth-order valence-corrected chi connectivity index (χ4v) is 1.61. The van der Waals surface area contributed by atoms with Crippen molar-refractivity contribution in [1.29, 1.82) is 0 Å². The second-order valence-corrected chi connectivity index (χ2v) is 4.17. The quantitative estimate of drug-likeness (QED) is 0.493. The summed E-state index contributed by atoms with van der Waals surface area (Å²) in [6.07, 6.45) is 3.34. The van der Waals surface area contributed by atoms with E-state index in [0.717, 1.165) is 19.4 Å². The maximum atomic E-state index is 11.2. The third-order valence-corrected chi connectivity index (χ3v) is 2.92. The number of hydrogen-bond donors (Lipinski definition) is 2. The molecular weight excluding hydrogens is 316 g/mol. The summed E-state index contributed by atoms with van der Waals surface area (Å²) >= 11 is 7.51. The van der Waals surface area contributed by atoms with Gasteiger partial charge in [0.25, 0.3) is 5.56 Å². The monoisotopic (exact) mass is 327 g/mol. The van der Waals surface area contributed by atoms with Crippen molar-refractivity contribution in [1.82, 2.24) is 9.97 Å². The standard InChI is InChI=1S/C8H11ClIN3O/c9-3-1-2-4-11-7-6(10)8(14)13-5-12-7/h5H,1-4H2,(H2,11,12,13,14). The Kier molecular flexibility index (Phi) is 5.24. The van der Waals surface area contributed by atoms with Crippen LogP contribution in [0.1, 0.15) is 12.8 Å². The Hall–Kier alpha value is -0.300. The first kappa shape index (κ1) is 11.8. The molecule has 0 aromatic carbocycles. The Balaban J connectivity index is 2.51. The molecular formula is C8H11ClIN3O. The summed E-state index contributed by atoms with van der Waals surface area (Å²) < 4.78 is 0.593. The summed E-state index contributed by atoms with van der Waals surface area (Å²) in [6, 6.07) is 0. The van der Waals surface area contributed by atoms with Crippen LogP contribution in [0.25, 0.3) is 0 Å². The second-order valence-electron chi connectivity index (χ2n) is 2.72. The molecule has 0 saturated heterocycles. The van der Waals surface area contributed by atoms with Crippen molar-refractivity contribution in [3.05, 3.63) is 20.3 Å². The zero-order valence-electron chi connectivity index (χ0n) is 7.52. The van der Waals surface area contributed by atoms with Crippen LogP contribution in [0, 0.1) is 3.57 Å². The van der Waals surface area contributed by atoms with E-state index in [1.54, 1.807) is 0 Å². The average Bonchev–Trinajstić information content (AvgIpc) is 2.19. The fraction of sp³-hybridized carbons (Fsp3) is 0.500. The minimum Gasteiger partial charge on any atom is -0.369 e. The van der Waals surface area contributed by atoms with Gasteiger partial charge in [-0.1, -0.05) is 0 Å². The van der Waals surface area contributed by atoms with Gasteiger partial charge >= 0.3 is 0 Å². The van der Waals surface area contributed by atoms with Gasteiger partial charge < -0.3 is 10.3 Å². The van der Waals surface area contributed by atoms with Crippen molar-refractivity contribution in [2.75, 3.05) is 17.7 Å². The molecule has 0 bridgehead atoms. The summed E-state index contributed by atoms with van der Waals surface area (Å²) in [5, 5.41) is 3.09. The lowest BCUT2D eigenvalue weighted by Gasteiger charge is -2.05. The van der Waals surface area contributed by atoms with Gasteiger partial charge in [-0.25, -0.2) is 4.98 Å². The van der Waals surface area contributed by atoms with Crippen LogP contribution in [0.2, 0.25) is 0 Å². The van der Waals surface area contributed by atoms with Crippen LogP contribution in [0.3, 0.4) is 0 Å². The first-order valence-electron chi connectivity index (χ1n) is 4.28. The lowest BCUT2D eigenvalue weighted by Crippen LogP contribution is -2.15. The second kappa shape index (κ2) is 6.23. The minimum absolute atomic E-state index is 0.111. The fourth-order valence-electron chi connectivity index (χ4n) is 0.933. The summed E-state index contributed by atoms with van der Waals surface area (Å²) in [5.41, 5.74) is -0.111. The highest BCUT2D eigenvalue weighted by Gasteiger charge is 2.02. The molecule has 1 heterocycles. The molecule has 78 valence electrons. The third kappa shape index (κ3) is 3.45. The van der Waals surface area contributed by atoms with Gasteiger partial charge in [0.05, 0.1) is 6.33 Å². The van der Waals surface area contributed by atoms with Crippen molar-refractivity contribution < 1.29 is 0 Å². The number of nitrogens with one attached hydrogen (secondary N) is 2. The van der Waals surface area contributed by atoms with E-state index in [4.69, 9.17) is 11.6 Å². The Labute approximate surface area is 101 Å². The van der Waals surface area contributed by atoms with E-state index < -0.39 is 0 Å². The Morgan fingerprint density at radius 3 is 3.07 bits per heavy atom. The molecule has 0 aliphatic rings. The van der Waals surface area contributed by atoms with Gasteiger partial charge in [0.2, 0.25) is 0 Å². The number of nitrogens with zero attached hydrogens (tertiary/aromatic N) is 1. The largest absolute Gasteiger partial charge is 0.369 e. The summed E-state index contributed by atoms with van der Waals surface area (Å²) in [4.78, 5) is 17.7. The van der Waals surface area contributed by atoms with Crippen molar-refractivity contribution >= 4 is 40.0 Å². The molecule has 4 nitrogen and oxygen atoms in total. The highest BCUT2D eigenvalue weighted by atomic mass is 127. The molecule has 1 aromatic rings. The van der Waals surface area contributed by atoms with E-state index in [-0.39, 0.29) is 5.56 Å². The third-order valence-electron chi connectivity index (χ3n) is 1.65. The van der Waals surface area contributed by atoms with Crippen LogP contribution in [-0.2, 0) is 0 Å². The van der Waals surface area contributed by atoms with Gasteiger partial charge in [-0.15, -0.1) is 11.6 Å². The van der Waals surface area contributed by atoms with E-state index in [0.29, 0.717) is 15.3 Å². The first-order chi connectivity index (χ1) is 6.75. The smallest absolute Gasteiger partial charge is 0.266 e. The van der Waals surface area contributed by atoms with E-state index in [2.05, 4.69) is 15.3 Å². The molecule has 0 amide bonds. The molecule has 1 rings (SSSR count). The van der Waals surface area contributed by atoms with E-state index >= 15 is 0 Å². The highest BCUT2D eigenvalue weighted by molar-refractivity contribution is 14.1. The van der Waals surface area contributed by atoms with E-state index in [1.807, 2.05) is 22.6 Å². The Bertz CT molecular complexity index is 342. The summed E-state index contributed by atoms with van der Waals surface area (Å²) in [6.45, 7) is 0.791. The van der Waals surface area contributed by atoms with Gasteiger partial charge in [-0.3, -0.25) is 4.79 Å². The number of aromatic amines is 1. The number of H-pyrrole nitrogens is 1. The van der Waals surface area contributed by atoms with Crippen molar-refractivity contribution in [2.24, 2.45) is 0 Å². The van der Waals surface area contributed by atoms with Crippen LogP contribution in [0.15, 0.2) is 11.1 Å². The van der Waals surface area contributed by atoms with Gasteiger partial charge in [-0.05, 0) is 35.4 Å². The van der Waals surface area contributed by atoms with Crippen LogP contribution in [-0.4, -0.2) is 22.4 Å². The molecule has 0 unspecified atom stereocenters. The maximum Gasteiger partial charge on any atom is 0.266 e. The number of anilines is 1. The minimum atomic E-state index is -0.111. The molecule has 14 heavy (non-hydrogen) atoms. The predicted molar refractivity (Wildman–Crippen MR) is 66.0 cm³/mol. The van der Waals surface area contributed by atoms with Crippen LogP contribution in [0.4, 0.5) is 5.82 Å². The van der Waals surface area contributed by atoms with E-state index in [1.165, 1.54) is 6.33 Å². The molecule has 0 atom stereocenters. The Morgan fingerprint density at radius 1 is 1.57 bits per heavy atom. The molecule has 0 radical (unpaired) electrons. The van der Waals surface area contributed by atoms with Crippen LogP contribution in [0.5, 0.6) is 0 Å². The van der Waals surface area contributed by atoms with Crippen LogP contribution < -0.4 is 10.9 Å². The molecule has 6 heteroatoms. The zero-order valence-corrected chi connectivity index (χ0v) is 10.4. The lowest BCUT2D eigenvalue weighted by molar-refractivity contribution is 0.834. The number of halogens is 2. The Morgan fingerprint density at radius 2 is 2.36 bits per heavy atom. The number of rotatable bonds is 5. The highest BCUT2D eigenvalue weighted by Crippen LogP contribution is 2.08. The van der Waals surface area contributed by atoms with Crippen molar-refractivity contribution in [3.63, 3.8) is 0 Å². The zero-order chi connectivity index (χ0) is 10.4. The molecule has 2 N–H and O–H groups in total. The number of aromatic nitrogens is 2. The SMILES string of the molecule is O=c1[nH]cnc(NCCCCCl)c1I. The van der Waals surface area contributed by atoms with Crippen molar-refractivity contribution in [3.8, 4) is 0 Å². The number of unbranched alkanes of at least 4 members (excludes halogenated alkanes) is 1. The van der Waals surface area contributed by atoms with Gasteiger partial charge in [0.15, 0.2) is 0 Å². The van der Waals surface area contributed by atoms with Gasteiger partial charge in [-0.2, -0.15) is 0 Å². The topological polar surface area (TPSA) is 57.8 Å². The molecule has 0 spiro atoms.